The number of hydrogen-bond donors (Lipinski definition) is 2. The molecule has 0 aliphatic heterocycles. The molecule has 114 valence electrons. The van der Waals surface area contributed by atoms with Crippen molar-refractivity contribution < 1.29 is 8.42 Å². The monoisotopic (exact) mass is 324 g/mol. The topological polar surface area (TPSA) is 58.2 Å². The van der Waals surface area contributed by atoms with Crippen LogP contribution < -0.4 is 10.0 Å². The van der Waals surface area contributed by atoms with Crippen LogP contribution in [0, 0.1) is 6.92 Å². The SMILES string of the molecule is CCc1cccc(NS(=O)(=O)c2cc(CNC)sc2C)c1. The molecule has 6 heteroatoms. The fourth-order valence-corrected chi connectivity index (χ4v) is 4.82. The van der Waals surface area contributed by atoms with E-state index in [9.17, 15) is 8.42 Å². The summed E-state index contributed by atoms with van der Waals surface area (Å²) in [5, 5.41) is 3.04. The summed E-state index contributed by atoms with van der Waals surface area (Å²) < 4.78 is 27.7. The summed E-state index contributed by atoms with van der Waals surface area (Å²) in [5.41, 5.74) is 1.71. The van der Waals surface area contributed by atoms with Gasteiger partial charge in [0.2, 0.25) is 0 Å². The van der Waals surface area contributed by atoms with Gasteiger partial charge in [-0.15, -0.1) is 11.3 Å². The molecular formula is C15H20N2O2S2. The lowest BCUT2D eigenvalue weighted by Gasteiger charge is -2.08. The van der Waals surface area contributed by atoms with Crippen LogP contribution in [-0.2, 0) is 23.0 Å². The van der Waals surface area contributed by atoms with Crippen LogP contribution in [0.5, 0.6) is 0 Å². The first-order valence-corrected chi connectivity index (χ1v) is 9.12. The average Bonchev–Trinajstić information content (AvgIpc) is 2.81. The highest BCUT2D eigenvalue weighted by molar-refractivity contribution is 7.93. The molecule has 0 fully saturated rings. The highest BCUT2D eigenvalue weighted by atomic mass is 32.2. The third-order valence-electron chi connectivity index (χ3n) is 3.15. The van der Waals surface area contributed by atoms with Gasteiger partial charge in [0.15, 0.2) is 0 Å². The molecule has 0 aliphatic carbocycles. The summed E-state index contributed by atoms with van der Waals surface area (Å²) in [4.78, 5) is 2.18. The molecule has 1 heterocycles. The lowest BCUT2D eigenvalue weighted by Crippen LogP contribution is -2.13. The van der Waals surface area contributed by atoms with Crippen LogP contribution in [0.25, 0.3) is 0 Å². The van der Waals surface area contributed by atoms with E-state index in [2.05, 4.69) is 10.0 Å². The van der Waals surface area contributed by atoms with Crippen molar-refractivity contribution in [3.05, 3.63) is 45.6 Å². The maximum Gasteiger partial charge on any atom is 0.263 e. The Morgan fingerprint density at radius 3 is 2.67 bits per heavy atom. The van der Waals surface area contributed by atoms with E-state index < -0.39 is 10.0 Å². The number of sulfonamides is 1. The van der Waals surface area contributed by atoms with Crippen molar-refractivity contribution in [2.24, 2.45) is 0 Å². The van der Waals surface area contributed by atoms with E-state index in [-0.39, 0.29) is 0 Å². The van der Waals surface area contributed by atoms with Crippen LogP contribution in [0.15, 0.2) is 35.2 Å². The molecule has 21 heavy (non-hydrogen) atoms. The lowest BCUT2D eigenvalue weighted by molar-refractivity contribution is 0.601. The van der Waals surface area contributed by atoms with Gasteiger partial charge in [0, 0.05) is 22.0 Å². The van der Waals surface area contributed by atoms with Crippen LogP contribution in [0.3, 0.4) is 0 Å². The normalized spacial score (nSPS) is 11.6. The van der Waals surface area contributed by atoms with Crippen molar-refractivity contribution in [2.45, 2.75) is 31.7 Å². The van der Waals surface area contributed by atoms with E-state index in [0.29, 0.717) is 17.1 Å². The number of benzene rings is 1. The van der Waals surface area contributed by atoms with Gasteiger partial charge < -0.3 is 5.32 Å². The number of hydrogen-bond acceptors (Lipinski definition) is 4. The molecule has 2 aromatic rings. The maximum absolute atomic E-state index is 12.5. The largest absolute Gasteiger partial charge is 0.315 e. The van der Waals surface area contributed by atoms with E-state index >= 15 is 0 Å². The molecule has 0 amide bonds. The van der Waals surface area contributed by atoms with Crippen LogP contribution >= 0.6 is 11.3 Å². The molecule has 2 N–H and O–H groups in total. The molecule has 0 radical (unpaired) electrons. The fraction of sp³-hybridized carbons (Fsp3) is 0.333. The van der Waals surface area contributed by atoms with E-state index in [1.807, 2.05) is 39.1 Å². The minimum absolute atomic E-state index is 0.361. The second-order valence-corrected chi connectivity index (χ2v) is 7.81. The summed E-state index contributed by atoms with van der Waals surface area (Å²) in [7, 11) is -1.69. The number of aryl methyl sites for hydroxylation is 2. The van der Waals surface area contributed by atoms with Crippen molar-refractivity contribution in [1.82, 2.24) is 5.32 Å². The van der Waals surface area contributed by atoms with Crippen molar-refractivity contribution in [2.75, 3.05) is 11.8 Å². The summed E-state index contributed by atoms with van der Waals surface area (Å²) in [5.74, 6) is 0. The number of anilines is 1. The van der Waals surface area contributed by atoms with Crippen LogP contribution in [-0.4, -0.2) is 15.5 Å². The Labute approximate surface area is 130 Å². The van der Waals surface area contributed by atoms with E-state index in [1.165, 1.54) is 11.3 Å². The predicted molar refractivity (Wildman–Crippen MR) is 88.4 cm³/mol. The Morgan fingerprint density at radius 2 is 2.00 bits per heavy atom. The highest BCUT2D eigenvalue weighted by Gasteiger charge is 2.20. The summed E-state index contributed by atoms with van der Waals surface area (Å²) in [6, 6.07) is 9.23. The fourth-order valence-electron chi connectivity index (χ4n) is 2.12. The lowest BCUT2D eigenvalue weighted by atomic mass is 10.1. The number of nitrogens with one attached hydrogen (secondary N) is 2. The zero-order valence-corrected chi connectivity index (χ0v) is 14.1. The smallest absolute Gasteiger partial charge is 0.263 e. The van der Waals surface area contributed by atoms with Gasteiger partial charge in [-0.25, -0.2) is 8.42 Å². The second kappa shape index (κ2) is 6.60. The molecule has 0 unspecified atom stereocenters. The minimum Gasteiger partial charge on any atom is -0.315 e. The molecule has 0 aliphatic rings. The van der Waals surface area contributed by atoms with Crippen LogP contribution in [0.1, 0.15) is 22.2 Å². The Bertz CT molecular complexity index is 721. The highest BCUT2D eigenvalue weighted by Crippen LogP contribution is 2.27. The Kier molecular flexibility index (Phi) is 5.03. The van der Waals surface area contributed by atoms with E-state index in [4.69, 9.17) is 0 Å². The van der Waals surface area contributed by atoms with Crippen LogP contribution in [0.4, 0.5) is 5.69 Å². The van der Waals surface area contributed by atoms with Crippen molar-refractivity contribution >= 4 is 27.0 Å². The average molecular weight is 324 g/mol. The van der Waals surface area contributed by atoms with E-state index in [1.54, 1.807) is 12.1 Å². The van der Waals surface area contributed by atoms with Crippen LogP contribution in [0.2, 0.25) is 0 Å². The summed E-state index contributed by atoms with van der Waals surface area (Å²) in [6.07, 6.45) is 0.874. The molecular weight excluding hydrogens is 304 g/mol. The number of thiophene rings is 1. The molecule has 2 rings (SSSR count). The van der Waals surface area contributed by atoms with Gasteiger partial charge in [-0.1, -0.05) is 19.1 Å². The first kappa shape index (κ1) is 16.0. The molecule has 0 saturated carbocycles. The number of rotatable bonds is 6. The summed E-state index contributed by atoms with van der Waals surface area (Å²) >= 11 is 1.50. The van der Waals surface area contributed by atoms with Gasteiger partial charge in [-0.05, 0) is 44.2 Å². The first-order chi connectivity index (χ1) is 9.96. The summed E-state index contributed by atoms with van der Waals surface area (Å²) in [6.45, 7) is 4.55. The minimum atomic E-state index is -3.53. The quantitative estimate of drug-likeness (QED) is 0.858. The molecule has 4 nitrogen and oxygen atoms in total. The van der Waals surface area contributed by atoms with Crippen molar-refractivity contribution in [3.8, 4) is 0 Å². The molecule has 1 aromatic heterocycles. The van der Waals surface area contributed by atoms with Gasteiger partial charge >= 0.3 is 0 Å². The molecule has 0 spiro atoms. The van der Waals surface area contributed by atoms with Gasteiger partial charge in [0.1, 0.15) is 4.90 Å². The standard InChI is InChI=1S/C15H20N2O2S2/c1-4-12-6-5-7-13(8-12)17-21(18,19)15-9-14(10-16-3)20-11(15)2/h5-9,16-17H,4,10H2,1-3H3. The zero-order chi connectivity index (χ0) is 15.5. The second-order valence-electron chi connectivity index (χ2n) is 4.82. The van der Waals surface area contributed by atoms with Gasteiger partial charge in [-0.3, -0.25) is 4.72 Å². The Hall–Kier alpha value is -1.37. The van der Waals surface area contributed by atoms with E-state index in [0.717, 1.165) is 21.7 Å². The zero-order valence-electron chi connectivity index (χ0n) is 12.4. The molecule has 0 atom stereocenters. The van der Waals surface area contributed by atoms with Crippen molar-refractivity contribution in [3.63, 3.8) is 0 Å². The predicted octanol–water partition coefficient (Wildman–Crippen LogP) is 3.14. The first-order valence-electron chi connectivity index (χ1n) is 6.82. The Balaban J connectivity index is 2.29. The van der Waals surface area contributed by atoms with Gasteiger partial charge in [-0.2, -0.15) is 0 Å². The maximum atomic E-state index is 12.5. The molecule has 0 bridgehead atoms. The molecule has 1 aromatic carbocycles. The molecule has 0 saturated heterocycles. The third kappa shape index (κ3) is 3.84. The third-order valence-corrected chi connectivity index (χ3v) is 5.84. The van der Waals surface area contributed by atoms with Gasteiger partial charge in [0.05, 0.1) is 0 Å². The van der Waals surface area contributed by atoms with Gasteiger partial charge in [0.25, 0.3) is 10.0 Å². The van der Waals surface area contributed by atoms with Crippen molar-refractivity contribution in [1.29, 1.82) is 0 Å². The Morgan fingerprint density at radius 1 is 1.24 bits per heavy atom.